The van der Waals surface area contributed by atoms with Crippen molar-refractivity contribution in [2.45, 2.75) is 37.8 Å². The van der Waals surface area contributed by atoms with Crippen LogP contribution in [-0.2, 0) is 14.3 Å². The Hall–Kier alpha value is -1.14. The molecule has 114 valence electrons. The molecule has 0 unspecified atom stereocenters. The number of amides is 2. The van der Waals surface area contributed by atoms with Gasteiger partial charge in [0, 0.05) is 20.7 Å². The van der Waals surface area contributed by atoms with Crippen LogP contribution >= 0.6 is 0 Å². The molecule has 0 aromatic rings. The van der Waals surface area contributed by atoms with Crippen LogP contribution in [0.15, 0.2) is 0 Å². The van der Waals surface area contributed by atoms with Crippen LogP contribution in [0.4, 0.5) is 0 Å². The van der Waals surface area contributed by atoms with E-state index < -0.39 is 0 Å². The van der Waals surface area contributed by atoms with Gasteiger partial charge in [0.2, 0.25) is 11.8 Å². The average Bonchev–Trinajstić information content (AvgIpc) is 3.16. The van der Waals surface area contributed by atoms with Crippen LogP contribution in [0.2, 0.25) is 0 Å². The summed E-state index contributed by atoms with van der Waals surface area (Å²) in [4.78, 5) is 26.4. The summed E-state index contributed by atoms with van der Waals surface area (Å²) in [5.41, 5.74) is 0. The van der Waals surface area contributed by atoms with Gasteiger partial charge in [-0.25, -0.2) is 0 Å². The normalized spacial score (nSPS) is 24.4. The number of methoxy groups -OCH3 is 1. The van der Waals surface area contributed by atoms with E-state index in [0.717, 1.165) is 32.2 Å². The lowest BCUT2D eigenvalue weighted by Gasteiger charge is -2.31. The first-order valence-corrected chi connectivity index (χ1v) is 7.43. The molecular formula is C14H25N3O3. The van der Waals surface area contributed by atoms with Crippen LogP contribution in [0.25, 0.3) is 0 Å². The van der Waals surface area contributed by atoms with Crippen LogP contribution in [0.5, 0.6) is 0 Å². The number of likely N-dealkylation sites (tertiary alicyclic amines) is 1. The Balaban J connectivity index is 1.97. The fourth-order valence-corrected chi connectivity index (χ4v) is 2.99. The molecule has 2 N–H and O–H groups in total. The molecule has 1 saturated carbocycles. The predicted octanol–water partition coefficient (Wildman–Crippen LogP) is -0.262. The SMILES string of the molecule is CNC(=O)[C@@H](C1CC1)N1CCC[C@H]1C(=O)NCCOC. The zero-order chi connectivity index (χ0) is 14.5. The lowest BCUT2D eigenvalue weighted by atomic mass is 10.1. The molecule has 0 bridgehead atoms. The number of nitrogens with zero attached hydrogens (tertiary/aromatic N) is 1. The summed E-state index contributed by atoms with van der Waals surface area (Å²) in [5, 5.41) is 5.63. The molecule has 2 atom stereocenters. The number of carbonyl (C=O) groups excluding carboxylic acids is 2. The van der Waals surface area contributed by atoms with E-state index in [9.17, 15) is 9.59 Å². The molecule has 2 rings (SSSR count). The van der Waals surface area contributed by atoms with E-state index in [1.165, 1.54) is 0 Å². The third-order valence-corrected chi connectivity index (χ3v) is 4.14. The van der Waals surface area contributed by atoms with E-state index in [4.69, 9.17) is 4.74 Å². The van der Waals surface area contributed by atoms with E-state index in [2.05, 4.69) is 15.5 Å². The van der Waals surface area contributed by atoms with Gasteiger partial charge < -0.3 is 15.4 Å². The summed E-state index contributed by atoms with van der Waals surface area (Å²) in [6.45, 7) is 1.87. The average molecular weight is 283 g/mol. The molecule has 2 aliphatic rings. The van der Waals surface area contributed by atoms with Crippen LogP contribution in [0.1, 0.15) is 25.7 Å². The highest BCUT2D eigenvalue weighted by atomic mass is 16.5. The van der Waals surface area contributed by atoms with Gasteiger partial charge in [-0.3, -0.25) is 14.5 Å². The topological polar surface area (TPSA) is 70.7 Å². The number of ether oxygens (including phenoxy) is 1. The molecule has 0 aromatic carbocycles. The van der Waals surface area contributed by atoms with Gasteiger partial charge in [0.1, 0.15) is 0 Å². The summed E-state index contributed by atoms with van der Waals surface area (Å²) >= 11 is 0. The van der Waals surface area contributed by atoms with Gasteiger partial charge in [-0.05, 0) is 38.1 Å². The number of likely N-dealkylation sites (N-methyl/N-ethyl adjacent to an activating group) is 1. The highest BCUT2D eigenvalue weighted by molar-refractivity contribution is 5.86. The molecule has 0 radical (unpaired) electrons. The molecule has 0 aromatic heterocycles. The minimum Gasteiger partial charge on any atom is -0.383 e. The second-order valence-corrected chi connectivity index (χ2v) is 5.58. The van der Waals surface area contributed by atoms with Crippen molar-refractivity contribution in [3.05, 3.63) is 0 Å². The van der Waals surface area contributed by atoms with E-state index >= 15 is 0 Å². The molecule has 0 spiro atoms. The second kappa shape index (κ2) is 7.04. The van der Waals surface area contributed by atoms with Gasteiger partial charge in [-0.15, -0.1) is 0 Å². The number of nitrogens with one attached hydrogen (secondary N) is 2. The van der Waals surface area contributed by atoms with E-state index in [1.807, 2.05) is 0 Å². The Morgan fingerprint density at radius 2 is 2.10 bits per heavy atom. The third kappa shape index (κ3) is 3.49. The number of hydrogen-bond acceptors (Lipinski definition) is 4. The van der Waals surface area contributed by atoms with Crippen molar-refractivity contribution < 1.29 is 14.3 Å². The lowest BCUT2D eigenvalue weighted by molar-refractivity contribution is -0.131. The maximum absolute atomic E-state index is 12.2. The van der Waals surface area contributed by atoms with Crippen molar-refractivity contribution in [3.8, 4) is 0 Å². The molecule has 1 heterocycles. The van der Waals surface area contributed by atoms with E-state index in [-0.39, 0.29) is 23.9 Å². The molecule has 6 heteroatoms. The summed E-state index contributed by atoms with van der Waals surface area (Å²) in [6, 6.07) is -0.310. The Morgan fingerprint density at radius 3 is 2.70 bits per heavy atom. The largest absolute Gasteiger partial charge is 0.383 e. The van der Waals surface area contributed by atoms with Crippen molar-refractivity contribution in [1.29, 1.82) is 0 Å². The fourth-order valence-electron chi connectivity index (χ4n) is 2.99. The van der Waals surface area contributed by atoms with Crippen molar-refractivity contribution in [1.82, 2.24) is 15.5 Å². The van der Waals surface area contributed by atoms with Crippen molar-refractivity contribution in [2.24, 2.45) is 5.92 Å². The van der Waals surface area contributed by atoms with Gasteiger partial charge in [0.15, 0.2) is 0 Å². The minimum atomic E-state index is -0.172. The molecule has 1 saturated heterocycles. The van der Waals surface area contributed by atoms with Crippen LogP contribution in [0.3, 0.4) is 0 Å². The van der Waals surface area contributed by atoms with Gasteiger partial charge in [-0.1, -0.05) is 0 Å². The first-order chi connectivity index (χ1) is 9.69. The molecule has 2 fully saturated rings. The van der Waals surface area contributed by atoms with E-state index in [1.54, 1.807) is 14.2 Å². The Morgan fingerprint density at radius 1 is 1.35 bits per heavy atom. The summed E-state index contributed by atoms with van der Waals surface area (Å²) < 4.78 is 4.94. The Bertz CT molecular complexity index is 358. The first kappa shape index (κ1) is 15.3. The second-order valence-electron chi connectivity index (χ2n) is 5.58. The lowest BCUT2D eigenvalue weighted by Crippen LogP contribution is -2.54. The van der Waals surface area contributed by atoms with Gasteiger partial charge in [0.25, 0.3) is 0 Å². The van der Waals surface area contributed by atoms with Crippen LogP contribution < -0.4 is 10.6 Å². The molecule has 1 aliphatic carbocycles. The monoisotopic (exact) mass is 283 g/mol. The molecule has 6 nitrogen and oxygen atoms in total. The maximum Gasteiger partial charge on any atom is 0.237 e. The fraction of sp³-hybridized carbons (Fsp3) is 0.857. The van der Waals surface area contributed by atoms with Crippen molar-refractivity contribution in [2.75, 3.05) is 33.9 Å². The van der Waals surface area contributed by atoms with Gasteiger partial charge in [0.05, 0.1) is 18.7 Å². The summed E-state index contributed by atoms with van der Waals surface area (Å²) in [7, 11) is 3.28. The maximum atomic E-state index is 12.2. The van der Waals surface area contributed by atoms with Crippen LogP contribution in [0, 0.1) is 5.92 Å². The highest BCUT2D eigenvalue weighted by Crippen LogP contribution is 2.38. The number of rotatable bonds is 7. The number of carbonyl (C=O) groups is 2. The van der Waals surface area contributed by atoms with Crippen molar-refractivity contribution >= 4 is 11.8 Å². The highest BCUT2D eigenvalue weighted by Gasteiger charge is 2.45. The van der Waals surface area contributed by atoms with Gasteiger partial charge >= 0.3 is 0 Å². The standard InChI is InChI=1S/C14H25N3O3/c1-15-14(19)12(10-5-6-10)17-8-3-4-11(17)13(18)16-7-9-20-2/h10-12H,3-9H2,1-2H3,(H,15,19)(H,16,18)/t11-,12+/m0/s1. The summed E-state index contributed by atoms with van der Waals surface area (Å²) in [6.07, 6.45) is 3.99. The van der Waals surface area contributed by atoms with Gasteiger partial charge in [-0.2, -0.15) is 0 Å². The first-order valence-electron chi connectivity index (χ1n) is 7.43. The Kier molecular flexibility index (Phi) is 5.37. The molecule has 1 aliphatic heterocycles. The zero-order valence-electron chi connectivity index (χ0n) is 12.4. The van der Waals surface area contributed by atoms with Crippen LogP contribution in [-0.4, -0.2) is 62.7 Å². The molecule has 2 amide bonds. The minimum absolute atomic E-state index is 0.0223. The smallest absolute Gasteiger partial charge is 0.237 e. The summed E-state index contributed by atoms with van der Waals surface area (Å²) in [5.74, 6) is 0.487. The molecule has 20 heavy (non-hydrogen) atoms. The predicted molar refractivity (Wildman–Crippen MR) is 75.2 cm³/mol. The molecular weight excluding hydrogens is 258 g/mol. The Labute approximate surface area is 120 Å². The zero-order valence-corrected chi connectivity index (χ0v) is 12.4. The number of hydrogen-bond donors (Lipinski definition) is 2. The van der Waals surface area contributed by atoms with E-state index in [0.29, 0.717) is 19.1 Å². The van der Waals surface area contributed by atoms with Crippen molar-refractivity contribution in [3.63, 3.8) is 0 Å². The quantitative estimate of drug-likeness (QED) is 0.632. The third-order valence-electron chi connectivity index (χ3n) is 4.14.